The molecule has 0 saturated heterocycles. The van der Waals surface area contributed by atoms with Crippen LogP contribution in [0.25, 0.3) is 6.08 Å². The molecule has 2 N–H and O–H groups in total. The van der Waals surface area contributed by atoms with E-state index in [2.05, 4.69) is 24.3 Å². The van der Waals surface area contributed by atoms with Gasteiger partial charge in [0.25, 0.3) is 0 Å². The monoisotopic (exact) mass is 356 g/mol. The lowest BCUT2D eigenvalue weighted by molar-refractivity contribution is -0.0831. The zero-order valence-electron chi connectivity index (χ0n) is 15.3. The average molecular weight is 356 g/mol. The number of aliphatic hydroxyl groups is 2. The van der Waals surface area contributed by atoms with Crippen molar-refractivity contribution in [1.29, 1.82) is 0 Å². The summed E-state index contributed by atoms with van der Waals surface area (Å²) < 4.78 is 0. The number of fused-ring (bicyclic) bond motifs is 1. The number of aryl methyl sites for hydroxylation is 1. The third-order valence-corrected chi connectivity index (χ3v) is 5.47. The molecule has 1 aliphatic rings. The zero-order valence-corrected chi connectivity index (χ0v) is 15.3. The van der Waals surface area contributed by atoms with E-state index in [-0.39, 0.29) is 0 Å². The summed E-state index contributed by atoms with van der Waals surface area (Å²) >= 11 is 0. The first-order valence-electron chi connectivity index (χ1n) is 9.45. The molecule has 0 aliphatic heterocycles. The van der Waals surface area contributed by atoms with Crippen LogP contribution < -0.4 is 0 Å². The van der Waals surface area contributed by atoms with Crippen LogP contribution in [0.4, 0.5) is 0 Å². The maximum absolute atomic E-state index is 11.7. The first-order chi connectivity index (χ1) is 13.2. The minimum Gasteiger partial charge on any atom is -0.385 e. The minimum atomic E-state index is -1.37. The minimum absolute atomic E-state index is 0.404. The molecule has 0 spiro atoms. The second kappa shape index (κ2) is 7.51. The highest BCUT2D eigenvalue weighted by Crippen LogP contribution is 2.42. The van der Waals surface area contributed by atoms with Gasteiger partial charge in [0, 0.05) is 6.42 Å². The van der Waals surface area contributed by atoms with Crippen LogP contribution in [0.2, 0.25) is 0 Å². The third-order valence-electron chi connectivity index (χ3n) is 5.47. The van der Waals surface area contributed by atoms with Gasteiger partial charge in [0.1, 0.15) is 11.7 Å². The SMILES string of the molecule is OC(c1ccccc1)C(O)(CC1=Cc2ccccc2CC1)c1ccccc1. The first-order valence-corrected chi connectivity index (χ1v) is 9.45. The Labute approximate surface area is 160 Å². The Morgan fingerprint density at radius 1 is 0.778 bits per heavy atom. The molecule has 27 heavy (non-hydrogen) atoms. The van der Waals surface area contributed by atoms with Crippen LogP contribution >= 0.6 is 0 Å². The molecule has 2 nitrogen and oxygen atoms in total. The molecule has 0 saturated carbocycles. The Kier molecular flexibility index (Phi) is 4.93. The molecular weight excluding hydrogens is 332 g/mol. The Balaban J connectivity index is 1.72. The third kappa shape index (κ3) is 3.59. The van der Waals surface area contributed by atoms with Gasteiger partial charge in [-0.1, -0.05) is 96.6 Å². The van der Waals surface area contributed by atoms with Gasteiger partial charge in [-0.15, -0.1) is 0 Å². The summed E-state index contributed by atoms with van der Waals surface area (Å²) in [5.74, 6) is 0. The number of rotatable bonds is 5. The van der Waals surface area contributed by atoms with E-state index in [1.54, 1.807) is 0 Å². The lowest BCUT2D eigenvalue weighted by atomic mass is 9.77. The molecular formula is C25H24O2. The smallest absolute Gasteiger partial charge is 0.123 e. The quantitative estimate of drug-likeness (QED) is 0.673. The molecule has 1 aliphatic carbocycles. The normalized spacial score (nSPS) is 16.7. The lowest BCUT2D eigenvalue weighted by Crippen LogP contribution is -2.34. The van der Waals surface area contributed by atoms with E-state index in [1.807, 2.05) is 66.7 Å². The van der Waals surface area contributed by atoms with Crippen molar-refractivity contribution >= 4 is 6.08 Å². The van der Waals surface area contributed by atoms with Crippen LogP contribution in [0, 0.1) is 0 Å². The van der Waals surface area contributed by atoms with Crippen LogP contribution in [0.5, 0.6) is 0 Å². The Morgan fingerprint density at radius 2 is 1.41 bits per heavy atom. The van der Waals surface area contributed by atoms with Crippen LogP contribution in [0.15, 0.2) is 90.5 Å². The molecule has 3 aromatic rings. The molecule has 0 radical (unpaired) electrons. The van der Waals surface area contributed by atoms with Crippen molar-refractivity contribution < 1.29 is 10.2 Å². The van der Waals surface area contributed by atoms with Crippen molar-refractivity contribution in [3.63, 3.8) is 0 Å². The number of aliphatic hydroxyl groups excluding tert-OH is 1. The Morgan fingerprint density at radius 3 is 2.15 bits per heavy atom. The second-order valence-corrected chi connectivity index (χ2v) is 7.28. The Hall–Kier alpha value is -2.68. The molecule has 2 unspecified atom stereocenters. The molecule has 2 heteroatoms. The number of hydrogen-bond donors (Lipinski definition) is 2. The molecule has 0 aromatic heterocycles. The van der Waals surface area contributed by atoms with Crippen molar-refractivity contribution in [2.24, 2.45) is 0 Å². The van der Waals surface area contributed by atoms with Crippen LogP contribution in [-0.2, 0) is 12.0 Å². The van der Waals surface area contributed by atoms with Gasteiger partial charge >= 0.3 is 0 Å². The summed E-state index contributed by atoms with van der Waals surface area (Å²) in [4.78, 5) is 0. The van der Waals surface area contributed by atoms with Crippen LogP contribution in [-0.4, -0.2) is 10.2 Å². The summed E-state index contributed by atoms with van der Waals surface area (Å²) in [5.41, 5.74) is 3.80. The largest absolute Gasteiger partial charge is 0.385 e. The highest BCUT2D eigenvalue weighted by molar-refractivity contribution is 5.60. The molecule has 136 valence electrons. The van der Waals surface area contributed by atoms with Gasteiger partial charge in [-0.2, -0.15) is 0 Å². The number of hydrogen-bond acceptors (Lipinski definition) is 2. The van der Waals surface area contributed by atoms with Gasteiger partial charge in [0.05, 0.1) is 0 Å². The van der Waals surface area contributed by atoms with Gasteiger partial charge in [-0.05, 0) is 35.1 Å². The van der Waals surface area contributed by atoms with E-state index in [1.165, 1.54) is 11.1 Å². The fraction of sp³-hybridized carbons (Fsp3) is 0.200. The lowest BCUT2D eigenvalue weighted by Gasteiger charge is -2.35. The van der Waals surface area contributed by atoms with Crippen molar-refractivity contribution in [2.45, 2.75) is 31.0 Å². The predicted octanol–water partition coefficient (Wildman–Crippen LogP) is 5.03. The van der Waals surface area contributed by atoms with Gasteiger partial charge in [0.15, 0.2) is 0 Å². The van der Waals surface area contributed by atoms with E-state index >= 15 is 0 Å². The summed E-state index contributed by atoms with van der Waals surface area (Å²) in [7, 11) is 0. The molecule has 0 amide bonds. The van der Waals surface area contributed by atoms with Crippen molar-refractivity contribution in [3.8, 4) is 0 Å². The van der Waals surface area contributed by atoms with E-state index in [4.69, 9.17) is 0 Å². The van der Waals surface area contributed by atoms with Gasteiger partial charge in [-0.25, -0.2) is 0 Å². The molecule has 4 rings (SSSR count). The zero-order chi connectivity index (χ0) is 18.7. The summed E-state index contributed by atoms with van der Waals surface area (Å²) in [6.07, 6.45) is 3.44. The van der Waals surface area contributed by atoms with Crippen LogP contribution in [0.3, 0.4) is 0 Å². The van der Waals surface area contributed by atoms with Gasteiger partial charge in [-0.3, -0.25) is 0 Å². The fourth-order valence-electron chi connectivity index (χ4n) is 3.97. The molecule has 0 bridgehead atoms. The maximum Gasteiger partial charge on any atom is 0.123 e. The fourth-order valence-corrected chi connectivity index (χ4v) is 3.97. The Bertz CT molecular complexity index is 931. The van der Waals surface area contributed by atoms with E-state index in [0.29, 0.717) is 6.42 Å². The first kappa shape index (κ1) is 17.7. The molecule has 3 aromatic carbocycles. The second-order valence-electron chi connectivity index (χ2n) is 7.28. The maximum atomic E-state index is 11.7. The highest BCUT2D eigenvalue weighted by Gasteiger charge is 2.39. The topological polar surface area (TPSA) is 40.5 Å². The van der Waals surface area contributed by atoms with Gasteiger partial charge in [0.2, 0.25) is 0 Å². The molecule has 0 fully saturated rings. The highest BCUT2D eigenvalue weighted by atomic mass is 16.3. The summed E-state index contributed by atoms with van der Waals surface area (Å²) in [6.45, 7) is 0. The van der Waals surface area contributed by atoms with Gasteiger partial charge < -0.3 is 10.2 Å². The molecule has 0 heterocycles. The standard InChI is InChI=1S/C25H24O2/c26-24(21-10-3-1-4-11-21)25(27,23-13-5-2-6-14-23)18-19-15-16-20-9-7-8-12-22(20)17-19/h1-14,17,24,26-27H,15-16,18H2. The number of benzene rings is 3. The van der Waals surface area contributed by atoms with E-state index in [9.17, 15) is 10.2 Å². The summed E-state index contributed by atoms with van der Waals surface area (Å²) in [5, 5.41) is 22.9. The van der Waals surface area contributed by atoms with Crippen molar-refractivity contribution in [1.82, 2.24) is 0 Å². The van der Waals surface area contributed by atoms with Crippen molar-refractivity contribution in [3.05, 3.63) is 113 Å². The summed E-state index contributed by atoms with van der Waals surface area (Å²) in [6, 6.07) is 27.3. The van der Waals surface area contributed by atoms with Crippen molar-refractivity contribution in [2.75, 3.05) is 0 Å². The average Bonchev–Trinajstić information content (AvgIpc) is 2.74. The van der Waals surface area contributed by atoms with E-state index in [0.717, 1.165) is 29.5 Å². The molecule has 2 atom stereocenters. The van der Waals surface area contributed by atoms with E-state index < -0.39 is 11.7 Å². The van der Waals surface area contributed by atoms with Crippen LogP contribution in [0.1, 0.15) is 41.2 Å². The predicted molar refractivity (Wildman–Crippen MR) is 109 cm³/mol.